The summed E-state index contributed by atoms with van der Waals surface area (Å²) in [6, 6.07) is 3.79. The molecule has 1 atom stereocenters. The second-order valence-corrected chi connectivity index (χ2v) is 6.90. The number of guanidine groups is 1. The molecule has 1 unspecified atom stereocenters. The van der Waals surface area contributed by atoms with Gasteiger partial charge in [0.05, 0.1) is 25.4 Å². The smallest absolute Gasteiger partial charge is 0.213 e. The third-order valence-electron chi connectivity index (χ3n) is 3.84. The Morgan fingerprint density at radius 3 is 2.67 bits per heavy atom. The fourth-order valence-electron chi connectivity index (χ4n) is 2.38. The zero-order valence-corrected chi connectivity index (χ0v) is 16.7. The molecule has 148 valence electrons. The van der Waals surface area contributed by atoms with Crippen LogP contribution in [0.1, 0.15) is 38.8 Å². The topological polar surface area (TPSA) is 96.6 Å². The number of aryl methyl sites for hydroxylation is 1. The lowest BCUT2D eigenvalue weighted by molar-refractivity contribution is 0.0616. The van der Waals surface area contributed by atoms with Crippen molar-refractivity contribution in [2.75, 3.05) is 13.1 Å². The van der Waals surface area contributed by atoms with Gasteiger partial charge in [0.25, 0.3) is 0 Å². The average molecular weight is 374 g/mol. The number of rotatable bonds is 8. The lowest BCUT2D eigenvalue weighted by Crippen LogP contribution is -2.44. The minimum absolute atomic E-state index is 0.0959. The van der Waals surface area contributed by atoms with Crippen molar-refractivity contribution in [3.8, 4) is 5.88 Å². The van der Waals surface area contributed by atoms with Crippen molar-refractivity contribution < 1.29 is 9.84 Å². The molecule has 27 heavy (non-hydrogen) atoms. The number of aliphatic hydroxyl groups is 1. The van der Waals surface area contributed by atoms with Crippen molar-refractivity contribution in [2.45, 2.75) is 45.9 Å². The van der Waals surface area contributed by atoms with Crippen molar-refractivity contribution in [1.82, 2.24) is 25.4 Å². The highest BCUT2D eigenvalue weighted by atomic mass is 16.5. The van der Waals surface area contributed by atoms with Gasteiger partial charge < -0.3 is 20.5 Å². The van der Waals surface area contributed by atoms with E-state index in [4.69, 9.17) is 4.74 Å². The summed E-state index contributed by atoms with van der Waals surface area (Å²) in [4.78, 5) is 8.85. The molecule has 0 radical (unpaired) electrons. The lowest BCUT2D eigenvalue weighted by Gasteiger charge is -2.23. The SMILES string of the molecule is CCNC(=NCc1ccc(OC(C)C)nc1)NCC(C)(O)c1cnn(C)c1. The van der Waals surface area contributed by atoms with Crippen LogP contribution in [0.2, 0.25) is 0 Å². The molecule has 0 spiro atoms. The molecular weight excluding hydrogens is 344 g/mol. The van der Waals surface area contributed by atoms with Gasteiger partial charge in [0.1, 0.15) is 5.60 Å². The fourth-order valence-corrected chi connectivity index (χ4v) is 2.38. The minimum atomic E-state index is -1.05. The van der Waals surface area contributed by atoms with Crippen molar-refractivity contribution in [2.24, 2.45) is 12.0 Å². The maximum absolute atomic E-state index is 10.7. The number of hydrogen-bond acceptors (Lipinski definition) is 5. The maximum Gasteiger partial charge on any atom is 0.213 e. The molecule has 0 aliphatic heterocycles. The predicted octanol–water partition coefficient (Wildman–Crippen LogP) is 1.57. The Labute approximate surface area is 160 Å². The summed E-state index contributed by atoms with van der Waals surface area (Å²) >= 11 is 0. The van der Waals surface area contributed by atoms with E-state index in [9.17, 15) is 5.11 Å². The van der Waals surface area contributed by atoms with Gasteiger partial charge in [0.15, 0.2) is 5.96 Å². The van der Waals surface area contributed by atoms with Gasteiger partial charge in [-0.3, -0.25) is 4.68 Å². The molecule has 2 heterocycles. The standard InChI is InChI=1S/C19H30N6O2/c1-6-20-18(23-13-19(4,26)16-11-24-25(5)12-16)22-10-15-7-8-17(21-9-15)27-14(2)3/h7-9,11-12,14,26H,6,10,13H2,1-5H3,(H2,20,22,23). The second kappa shape index (κ2) is 9.36. The van der Waals surface area contributed by atoms with Crippen molar-refractivity contribution in [1.29, 1.82) is 0 Å². The van der Waals surface area contributed by atoms with E-state index in [1.807, 2.05) is 40.0 Å². The van der Waals surface area contributed by atoms with Crippen LogP contribution in [0.4, 0.5) is 0 Å². The lowest BCUT2D eigenvalue weighted by atomic mass is 10.00. The molecule has 0 bridgehead atoms. The number of ether oxygens (including phenoxy) is 1. The van der Waals surface area contributed by atoms with Crippen molar-refractivity contribution in [3.63, 3.8) is 0 Å². The molecule has 2 aromatic heterocycles. The summed E-state index contributed by atoms with van der Waals surface area (Å²) in [5.74, 6) is 1.24. The van der Waals surface area contributed by atoms with Crippen LogP contribution in [0.5, 0.6) is 5.88 Å². The van der Waals surface area contributed by atoms with Crippen LogP contribution in [0, 0.1) is 0 Å². The fraction of sp³-hybridized carbons (Fsp3) is 0.526. The van der Waals surface area contributed by atoms with Crippen LogP contribution in [0.3, 0.4) is 0 Å². The molecule has 3 N–H and O–H groups in total. The Kier molecular flexibility index (Phi) is 7.18. The molecule has 0 aliphatic carbocycles. The third kappa shape index (κ3) is 6.56. The van der Waals surface area contributed by atoms with E-state index in [1.165, 1.54) is 0 Å². The number of hydrogen-bond donors (Lipinski definition) is 3. The molecule has 8 heteroatoms. The van der Waals surface area contributed by atoms with Gasteiger partial charge in [0.2, 0.25) is 5.88 Å². The number of nitrogens with one attached hydrogen (secondary N) is 2. The zero-order chi connectivity index (χ0) is 19.9. The molecule has 0 aromatic carbocycles. The number of aromatic nitrogens is 3. The minimum Gasteiger partial charge on any atom is -0.475 e. The van der Waals surface area contributed by atoms with Crippen LogP contribution in [-0.4, -0.2) is 45.0 Å². The first-order chi connectivity index (χ1) is 12.8. The number of aliphatic imine (C=N–C) groups is 1. The Bertz CT molecular complexity index is 737. The quantitative estimate of drug-likeness (QED) is 0.479. The molecule has 0 saturated carbocycles. The van der Waals surface area contributed by atoms with Crippen molar-refractivity contribution >= 4 is 5.96 Å². The molecule has 0 amide bonds. The highest BCUT2D eigenvalue weighted by Crippen LogP contribution is 2.18. The highest BCUT2D eigenvalue weighted by Gasteiger charge is 2.24. The zero-order valence-electron chi connectivity index (χ0n) is 16.7. The Hall–Kier alpha value is -2.61. The van der Waals surface area contributed by atoms with Crippen LogP contribution in [-0.2, 0) is 19.2 Å². The van der Waals surface area contributed by atoms with Crippen LogP contribution in [0.15, 0.2) is 35.7 Å². The normalized spacial score (nSPS) is 14.1. The Morgan fingerprint density at radius 2 is 2.11 bits per heavy atom. The molecule has 0 saturated heterocycles. The van der Waals surface area contributed by atoms with Gasteiger partial charge >= 0.3 is 0 Å². The molecule has 2 aromatic rings. The van der Waals surface area contributed by atoms with Gasteiger partial charge in [-0.05, 0) is 33.3 Å². The average Bonchev–Trinajstić information content (AvgIpc) is 3.06. The Balaban J connectivity index is 1.97. The monoisotopic (exact) mass is 374 g/mol. The highest BCUT2D eigenvalue weighted by molar-refractivity contribution is 5.79. The van der Waals surface area contributed by atoms with E-state index < -0.39 is 5.60 Å². The summed E-state index contributed by atoms with van der Waals surface area (Å²) in [5.41, 5.74) is 0.669. The van der Waals surface area contributed by atoms with E-state index in [2.05, 4.69) is 25.7 Å². The summed E-state index contributed by atoms with van der Waals surface area (Å²) in [6.07, 6.45) is 5.33. The first-order valence-electron chi connectivity index (χ1n) is 9.15. The van der Waals surface area contributed by atoms with E-state index in [-0.39, 0.29) is 6.10 Å². The van der Waals surface area contributed by atoms with Gasteiger partial charge in [0, 0.05) is 37.6 Å². The molecular formula is C19H30N6O2. The first kappa shape index (κ1) is 20.7. The molecule has 8 nitrogen and oxygen atoms in total. The molecule has 2 rings (SSSR count). The number of pyridine rings is 1. The van der Waals surface area contributed by atoms with Crippen LogP contribution < -0.4 is 15.4 Å². The largest absolute Gasteiger partial charge is 0.475 e. The summed E-state index contributed by atoms with van der Waals surface area (Å²) in [5, 5.41) is 21.2. The van der Waals surface area contributed by atoms with Gasteiger partial charge in [-0.25, -0.2) is 9.98 Å². The van der Waals surface area contributed by atoms with E-state index in [1.54, 1.807) is 30.2 Å². The predicted molar refractivity (Wildman–Crippen MR) is 106 cm³/mol. The van der Waals surface area contributed by atoms with Crippen LogP contribution in [0.25, 0.3) is 0 Å². The molecule has 0 aliphatic rings. The summed E-state index contributed by atoms with van der Waals surface area (Å²) < 4.78 is 7.22. The van der Waals surface area contributed by atoms with E-state index >= 15 is 0 Å². The van der Waals surface area contributed by atoms with Crippen molar-refractivity contribution in [3.05, 3.63) is 41.9 Å². The second-order valence-electron chi connectivity index (χ2n) is 6.90. The van der Waals surface area contributed by atoms with Gasteiger partial charge in [-0.1, -0.05) is 6.07 Å². The summed E-state index contributed by atoms with van der Waals surface area (Å²) in [7, 11) is 1.82. The van der Waals surface area contributed by atoms with Crippen LogP contribution >= 0.6 is 0 Å². The maximum atomic E-state index is 10.7. The first-order valence-corrected chi connectivity index (χ1v) is 9.15. The third-order valence-corrected chi connectivity index (χ3v) is 3.84. The molecule has 0 fully saturated rings. The van der Waals surface area contributed by atoms with E-state index in [0.29, 0.717) is 24.9 Å². The number of nitrogens with zero attached hydrogens (tertiary/aromatic N) is 4. The van der Waals surface area contributed by atoms with E-state index in [0.717, 1.165) is 17.7 Å². The summed E-state index contributed by atoms with van der Waals surface area (Å²) in [6.45, 7) is 9.18. The van der Waals surface area contributed by atoms with Gasteiger partial charge in [-0.15, -0.1) is 0 Å². The Morgan fingerprint density at radius 1 is 1.33 bits per heavy atom. The van der Waals surface area contributed by atoms with Gasteiger partial charge in [-0.2, -0.15) is 5.10 Å².